The van der Waals surface area contributed by atoms with Gasteiger partial charge in [-0.1, -0.05) is 12.1 Å². The number of ether oxygens (including phenoxy) is 1. The molecular formula is C11H14FNO2. The van der Waals surface area contributed by atoms with Crippen LogP contribution in [0.4, 0.5) is 4.39 Å². The lowest BCUT2D eigenvalue weighted by molar-refractivity contribution is -0.146. The van der Waals surface area contributed by atoms with Crippen LogP contribution in [-0.4, -0.2) is 19.6 Å². The smallest absolute Gasteiger partial charge is 0.317 e. The first-order valence-electron chi connectivity index (χ1n) is 4.59. The molecule has 1 atom stereocenters. The molecule has 3 nitrogen and oxygen atoms in total. The van der Waals surface area contributed by atoms with Crippen LogP contribution in [-0.2, 0) is 14.9 Å². The molecule has 0 bridgehead atoms. The van der Waals surface area contributed by atoms with Gasteiger partial charge in [-0.15, -0.1) is 0 Å². The summed E-state index contributed by atoms with van der Waals surface area (Å²) in [6.45, 7) is 1.79. The summed E-state index contributed by atoms with van der Waals surface area (Å²) in [5, 5.41) is 0. The van der Waals surface area contributed by atoms with E-state index in [1.165, 1.54) is 19.2 Å². The van der Waals surface area contributed by atoms with E-state index in [1.807, 2.05) is 0 Å². The summed E-state index contributed by atoms with van der Waals surface area (Å²) in [4.78, 5) is 11.6. The van der Waals surface area contributed by atoms with Crippen molar-refractivity contribution in [3.05, 3.63) is 35.6 Å². The molecule has 0 radical (unpaired) electrons. The van der Waals surface area contributed by atoms with E-state index in [1.54, 1.807) is 19.1 Å². The summed E-state index contributed by atoms with van der Waals surface area (Å²) >= 11 is 0. The molecule has 0 aliphatic heterocycles. The summed E-state index contributed by atoms with van der Waals surface area (Å²) < 4.78 is 17.4. The van der Waals surface area contributed by atoms with Gasteiger partial charge in [-0.05, 0) is 24.6 Å². The van der Waals surface area contributed by atoms with Crippen LogP contribution in [0.3, 0.4) is 0 Å². The van der Waals surface area contributed by atoms with Crippen LogP contribution in [0, 0.1) is 5.82 Å². The number of esters is 1. The largest absolute Gasteiger partial charge is 0.468 e. The van der Waals surface area contributed by atoms with Crippen molar-refractivity contribution in [2.45, 2.75) is 12.3 Å². The first kappa shape index (κ1) is 11.7. The van der Waals surface area contributed by atoms with Gasteiger partial charge in [0, 0.05) is 6.54 Å². The minimum Gasteiger partial charge on any atom is -0.468 e. The Morgan fingerprint density at radius 1 is 1.47 bits per heavy atom. The van der Waals surface area contributed by atoms with Crippen molar-refractivity contribution < 1.29 is 13.9 Å². The summed E-state index contributed by atoms with van der Waals surface area (Å²) in [5.74, 6) is -0.764. The highest BCUT2D eigenvalue weighted by Crippen LogP contribution is 2.24. The number of benzene rings is 1. The molecule has 15 heavy (non-hydrogen) atoms. The lowest BCUT2D eigenvalue weighted by atomic mass is 9.82. The third kappa shape index (κ3) is 2.15. The molecule has 1 aromatic carbocycles. The Kier molecular flexibility index (Phi) is 3.42. The number of carbonyl (C=O) groups is 1. The van der Waals surface area contributed by atoms with Crippen molar-refractivity contribution in [3.63, 3.8) is 0 Å². The molecule has 1 rings (SSSR count). The van der Waals surface area contributed by atoms with Crippen LogP contribution in [0.15, 0.2) is 24.3 Å². The Bertz CT molecular complexity index is 350. The number of halogens is 1. The first-order chi connectivity index (χ1) is 7.04. The molecule has 1 unspecified atom stereocenters. The fraction of sp³-hybridized carbons (Fsp3) is 0.364. The summed E-state index contributed by atoms with van der Waals surface area (Å²) in [7, 11) is 1.31. The topological polar surface area (TPSA) is 52.3 Å². The van der Waals surface area contributed by atoms with Crippen molar-refractivity contribution in [3.8, 4) is 0 Å². The molecule has 2 N–H and O–H groups in total. The summed E-state index contributed by atoms with van der Waals surface area (Å²) in [6.07, 6.45) is 0. The second-order valence-corrected chi connectivity index (χ2v) is 3.53. The van der Waals surface area contributed by atoms with E-state index in [9.17, 15) is 9.18 Å². The number of nitrogens with two attached hydrogens (primary N) is 1. The van der Waals surface area contributed by atoms with Crippen molar-refractivity contribution in [2.24, 2.45) is 5.73 Å². The van der Waals surface area contributed by atoms with Gasteiger partial charge in [-0.3, -0.25) is 4.79 Å². The third-order valence-electron chi connectivity index (χ3n) is 2.53. The van der Waals surface area contributed by atoms with E-state index in [2.05, 4.69) is 4.74 Å². The maximum Gasteiger partial charge on any atom is 0.317 e. The number of rotatable bonds is 3. The van der Waals surface area contributed by atoms with Crippen LogP contribution in [0.2, 0.25) is 0 Å². The Balaban J connectivity index is 3.11. The summed E-state index contributed by atoms with van der Waals surface area (Å²) in [6, 6.07) is 5.68. The molecule has 0 fully saturated rings. The average molecular weight is 211 g/mol. The number of methoxy groups -OCH3 is 1. The van der Waals surface area contributed by atoms with Gasteiger partial charge < -0.3 is 10.5 Å². The Morgan fingerprint density at radius 2 is 2.00 bits per heavy atom. The van der Waals surface area contributed by atoms with E-state index in [-0.39, 0.29) is 12.4 Å². The normalized spacial score (nSPS) is 14.4. The molecule has 0 spiro atoms. The van der Waals surface area contributed by atoms with Crippen molar-refractivity contribution >= 4 is 5.97 Å². The minimum atomic E-state index is -0.914. The molecule has 1 aromatic rings. The standard InChI is InChI=1S/C11H14FNO2/c1-11(7-13,10(14)15-2)8-3-5-9(12)6-4-8/h3-6H,7,13H2,1-2H3. The number of hydrogen-bond donors (Lipinski definition) is 1. The fourth-order valence-corrected chi connectivity index (χ4v) is 1.36. The molecule has 82 valence electrons. The van der Waals surface area contributed by atoms with Crippen LogP contribution < -0.4 is 5.73 Å². The Labute approximate surface area is 88.0 Å². The SMILES string of the molecule is COC(=O)C(C)(CN)c1ccc(F)cc1. The second kappa shape index (κ2) is 4.40. The zero-order valence-corrected chi connectivity index (χ0v) is 8.79. The first-order valence-corrected chi connectivity index (χ1v) is 4.59. The zero-order chi connectivity index (χ0) is 11.5. The monoisotopic (exact) mass is 211 g/mol. The van der Waals surface area contributed by atoms with Gasteiger partial charge in [0.1, 0.15) is 11.2 Å². The fourth-order valence-electron chi connectivity index (χ4n) is 1.36. The predicted octanol–water partition coefficient (Wildman–Crippen LogP) is 1.22. The second-order valence-electron chi connectivity index (χ2n) is 3.53. The van der Waals surface area contributed by atoms with Gasteiger partial charge >= 0.3 is 5.97 Å². The number of hydrogen-bond acceptors (Lipinski definition) is 3. The minimum absolute atomic E-state index is 0.116. The summed E-state index contributed by atoms with van der Waals surface area (Å²) in [5.41, 5.74) is 5.30. The van der Waals surface area contributed by atoms with Crippen LogP contribution in [0.1, 0.15) is 12.5 Å². The Morgan fingerprint density at radius 3 is 2.40 bits per heavy atom. The lowest BCUT2D eigenvalue weighted by Crippen LogP contribution is -2.40. The van der Waals surface area contributed by atoms with Gasteiger partial charge in [0.15, 0.2) is 0 Å². The van der Waals surface area contributed by atoms with Gasteiger partial charge in [-0.25, -0.2) is 4.39 Å². The van der Waals surface area contributed by atoms with Crippen LogP contribution in [0.5, 0.6) is 0 Å². The van der Waals surface area contributed by atoms with Gasteiger partial charge in [0.05, 0.1) is 7.11 Å². The van der Waals surface area contributed by atoms with Crippen LogP contribution >= 0.6 is 0 Å². The molecule has 0 aliphatic carbocycles. The molecular weight excluding hydrogens is 197 g/mol. The molecule has 0 amide bonds. The van der Waals surface area contributed by atoms with E-state index < -0.39 is 11.4 Å². The van der Waals surface area contributed by atoms with Gasteiger partial charge in [0.2, 0.25) is 0 Å². The highest BCUT2D eigenvalue weighted by atomic mass is 19.1. The molecule has 4 heteroatoms. The van der Waals surface area contributed by atoms with Crippen molar-refractivity contribution in [1.29, 1.82) is 0 Å². The quantitative estimate of drug-likeness (QED) is 0.765. The van der Waals surface area contributed by atoms with Gasteiger partial charge in [-0.2, -0.15) is 0 Å². The van der Waals surface area contributed by atoms with Crippen LogP contribution in [0.25, 0.3) is 0 Å². The average Bonchev–Trinajstić information content (AvgIpc) is 2.27. The van der Waals surface area contributed by atoms with E-state index >= 15 is 0 Å². The maximum absolute atomic E-state index is 12.7. The third-order valence-corrected chi connectivity index (χ3v) is 2.53. The maximum atomic E-state index is 12.7. The van der Waals surface area contributed by atoms with E-state index in [4.69, 9.17) is 5.73 Å². The van der Waals surface area contributed by atoms with Gasteiger partial charge in [0.25, 0.3) is 0 Å². The lowest BCUT2D eigenvalue weighted by Gasteiger charge is -2.25. The molecule has 0 aromatic heterocycles. The highest BCUT2D eigenvalue weighted by molar-refractivity contribution is 5.82. The van der Waals surface area contributed by atoms with E-state index in [0.29, 0.717) is 5.56 Å². The predicted molar refractivity (Wildman–Crippen MR) is 54.8 cm³/mol. The number of carbonyl (C=O) groups excluding carboxylic acids is 1. The van der Waals surface area contributed by atoms with E-state index in [0.717, 1.165) is 0 Å². The molecule has 0 aliphatic rings. The molecule has 0 saturated carbocycles. The zero-order valence-electron chi connectivity index (χ0n) is 8.79. The highest BCUT2D eigenvalue weighted by Gasteiger charge is 2.34. The van der Waals surface area contributed by atoms with Crippen molar-refractivity contribution in [2.75, 3.05) is 13.7 Å². The molecule has 0 heterocycles. The molecule has 0 saturated heterocycles. The Hall–Kier alpha value is -1.42. The van der Waals surface area contributed by atoms with Crippen molar-refractivity contribution in [1.82, 2.24) is 0 Å².